The number of nitrogens with zero attached hydrogens (tertiary/aromatic N) is 1. The highest BCUT2D eigenvalue weighted by Gasteiger charge is 2.25. The van der Waals surface area contributed by atoms with Crippen LogP contribution >= 0.6 is 0 Å². The standard InChI is InChI=1S/C28H34N4O3/c1-4-5-10-26(31-28(34)21-11-13-24(35-3)14-12-21)20(2)30-27(33)22-15-17-32(18-16-22)19-23-8-6-7-9-25(23)29/h4-14,22H,1,15-19,29H2,2-3H3,(H,30,33)(H,31,34)/b10-5-,26-20-. The summed E-state index contributed by atoms with van der Waals surface area (Å²) in [5.74, 6) is 0.268. The number of amides is 2. The molecule has 1 aliphatic rings. The van der Waals surface area contributed by atoms with Gasteiger partial charge in [-0.15, -0.1) is 0 Å². The van der Waals surface area contributed by atoms with Crippen LogP contribution in [0.2, 0.25) is 0 Å². The summed E-state index contributed by atoms with van der Waals surface area (Å²) in [4.78, 5) is 28.0. The van der Waals surface area contributed by atoms with E-state index in [0.29, 0.717) is 22.7 Å². The number of hydrogen-bond donors (Lipinski definition) is 3. The number of carbonyl (C=O) groups is 2. The molecule has 7 heteroatoms. The molecule has 0 spiro atoms. The molecule has 1 saturated heterocycles. The van der Waals surface area contributed by atoms with Crippen LogP contribution in [0.5, 0.6) is 5.75 Å². The van der Waals surface area contributed by atoms with Crippen LogP contribution in [0.3, 0.4) is 0 Å². The summed E-state index contributed by atoms with van der Waals surface area (Å²) < 4.78 is 5.14. The lowest BCUT2D eigenvalue weighted by molar-refractivity contribution is -0.125. The minimum absolute atomic E-state index is 0.0374. The summed E-state index contributed by atoms with van der Waals surface area (Å²) >= 11 is 0. The average Bonchev–Trinajstić information content (AvgIpc) is 2.88. The second kappa shape index (κ2) is 12.6. The van der Waals surface area contributed by atoms with E-state index in [-0.39, 0.29) is 17.7 Å². The van der Waals surface area contributed by atoms with Gasteiger partial charge in [0.15, 0.2) is 0 Å². The van der Waals surface area contributed by atoms with Crippen molar-refractivity contribution in [2.45, 2.75) is 26.3 Å². The highest BCUT2D eigenvalue weighted by atomic mass is 16.5. The van der Waals surface area contributed by atoms with Crippen LogP contribution in [0.25, 0.3) is 0 Å². The summed E-state index contributed by atoms with van der Waals surface area (Å²) in [7, 11) is 1.57. The lowest BCUT2D eigenvalue weighted by atomic mass is 9.95. The van der Waals surface area contributed by atoms with Gasteiger partial charge in [-0.1, -0.05) is 36.9 Å². The molecule has 1 fully saturated rings. The van der Waals surface area contributed by atoms with Gasteiger partial charge in [-0.2, -0.15) is 0 Å². The number of nitrogen functional groups attached to an aromatic ring is 1. The molecule has 7 nitrogen and oxygen atoms in total. The quantitative estimate of drug-likeness (QED) is 0.377. The number of benzene rings is 2. The molecule has 0 unspecified atom stereocenters. The average molecular weight is 475 g/mol. The van der Waals surface area contributed by atoms with Crippen LogP contribution < -0.4 is 21.1 Å². The number of para-hydroxylation sites is 1. The highest BCUT2D eigenvalue weighted by Crippen LogP contribution is 2.22. The fourth-order valence-corrected chi connectivity index (χ4v) is 3.99. The maximum absolute atomic E-state index is 13.0. The molecule has 184 valence electrons. The van der Waals surface area contributed by atoms with Crippen molar-refractivity contribution in [2.24, 2.45) is 5.92 Å². The first kappa shape index (κ1) is 25.8. The third kappa shape index (κ3) is 7.32. The molecule has 2 aromatic carbocycles. The molecular formula is C28H34N4O3. The smallest absolute Gasteiger partial charge is 0.255 e. The van der Waals surface area contributed by atoms with E-state index in [1.807, 2.05) is 24.3 Å². The SMILES string of the molecule is C=C/C=C\C(NC(=O)c1ccc(OC)cc1)=C(/C)NC(=O)C1CCN(Cc2ccccc2N)CC1. The molecule has 0 saturated carbocycles. The Morgan fingerprint density at radius 3 is 2.43 bits per heavy atom. The molecule has 2 aromatic rings. The second-order valence-electron chi connectivity index (χ2n) is 8.55. The summed E-state index contributed by atoms with van der Waals surface area (Å²) in [5, 5.41) is 5.87. The van der Waals surface area contributed by atoms with Crippen molar-refractivity contribution in [3.05, 3.63) is 95.9 Å². The molecule has 35 heavy (non-hydrogen) atoms. The van der Waals surface area contributed by atoms with Crippen LogP contribution in [-0.4, -0.2) is 36.9 Å². The van der Waals surface area contributed by atoms with Crippen LogP contribution in [-0.2, 0) is 11.3 Å². The third-order valence-electron chi connectivity index (χ3n) is 6.12. The molecule has 0 aliphatic carbocycles. The van der Waals surface area contributed by atoms with E-state index in [1.54, 1.807) is 56.5 Å². The van der Waals surface area contributed by atoms with E-state index in [4.69, 9.17) is 10.5 Å². The van der Waals surface area contributed by atoms with Gasteiger partial charge in [0.25, 0.3) is 5.91 Å². The van der Waals surface area contributed by atoms with Crippen molar-refractivity contribution in [3.8, 4) is 5.75 Å². The van der Waals surface area contributed by atoms with Crippen LogP contribution in [0.4, 0.5) is 5.69 Å². The van der Waals surface area contributed by atoms with Crippen LogP contribution in [0.1, 0.15) is 35.7 Å². The zero-order chi connectivity index (χ0) is 25.2. The van der Waals surface area contributed by atoms with Gasteiger partial charge in [0.2, 0.25) is 5.91 Å². The number of methoxy groups -OCH3 is 1. The molecular weight excluding hydrogens is 440 g/mol. The number of allylic oxidation sites excluding steroid dienone is 4. The Kier molecular flexibility index (Phi) is 9.26. The number of carbonyl (C=O) groups excluding carboxylic acids is 2. The first-order chi connectivity index (χ1) is 16.9. The molecule has 0 bridgehead atoms. The van der Waals surface area contributed by atoms with Crippen molar-refractivity contribution in [2.75, 3.05) is 25.9 Å². The molecule has 1 aliphatic heterocycles. The largest absolute Gasteiger partial charge is 0.497 e. The number of likely N-dealkylation sites (tertiary alicyclic amines) is 1. The normalized spacial score (nSPS) is 15.4. The number of nitrogens with one attached hydrogen (secondary N) is 2. The van der Waals surface area contributed by atoms with Crippen LogP contribution in [0.15, 0.2) is 84.7 Å². The van der Waals surface area contributed by atoms with E-state index in [0.717, 1.165) is 43.7 Å². The van der Waals surface area contributed by atoms with Crippen LogP contribution in [0, 0.1) is 5.92 Å². The van der Waals surface area contributed by atoms with Gasteiger partial charge in [-0.25, -0.2) is 0 Å². The van der Waals surface area contributed by atoms with Gasteiger partial charge in [0.1, 0.15) is 5.75 Å². The van der Waals surface area contributed by atoms with Crippen molar-refractivity contribution in [1.29, 1.82) is 0 Å². The Morgan fingerprint density at radius 2 is 1.80 bits per heavy atom. The number of rotatable bonds is 9. The Bertz CT molecular complexity index is 1100. The Morgan fingerprint density at radius 1 is 1.11 bits per heavy atom. The zero-order valence-electron chi connectivity index (χ0n) is 20.4. The summed E-state index contributed by atoms with van der Waals surface area (Å²) in [6.45, 7) is 7.91. The molecule has 1 heterocycles. The van der Waals surface area contributed by atoms with Crippen molar-refractivity contribution in [3.63, 3.8) is 0 Å². The molecule has 0 atom stereocenters. The fraction of sp³-hybridized carbons (Fsp3) is 0.286. The Labute approximate surface area is 207 Å². The van der Waals surface area contributed by atoms with Crippen molar-refractivity contribution < 1.29 is 14.3 Å². The van der Waals surface area contributed by atoms with E-state index in [2.05, 4.69) is 22.1 Å². The number of ether oxygens (including phenoxy) is 1. The minimum Gasteiger partial charge on any atom is -0.497 e. The first-order valence-corrected chi connectivity index (χ1v) is 11.7. The van der Waals surface area contributed by atoms with Gasteiger partial charge in [-0.05, 0) is 74.8 Å². The Balaban J connectivity index is 1.60. The van der Waals surface area contributed by atoms with Gasteiger partial charge in [0, 0.05) is 29.4 Å². The molecule has 0 radical (unpaired) electrons. The lowest BCUT2D eigenvalue weighted by Gasteiger charge is -2.31. The van der Waals surface area contributed by atoms with Crippen molar-refractivity contribution >= 4 is 17.5 Å². The number of hydrogen-bond acceptors (Lipinski definition) is 5. The molecule has 4 N–H and O–H groups in total. The predicted octanol–water partition coefficient (Wildman–Crippen LogP) is 4.01. The lowest BCUT2D eigenvalue weighted by Crippen LogP contribution is -2.40. The molecule has 3 rings (SSSR count). The van der Waals surface area contributed by atoms with E-state index in [9.17, 15) is 9.59 Å². The summed E-state index contributed by atoms with van der Waals surface area (Å²) in [5.41, 5.74) is 9.56. The van der Waals surface area contributed by atoms with Gasteiger partial charge in [-0.3, -0.25) is 14.5 Å². The summed E-state index contributed by atoms with van der Waals surface area (Å²) in [6.07, 6.45) is 6.58. The highest BCUT2D eigenvalue weighted by molar-refractivity contribution is 5.95. The van der Waals surface area contributed by atoms with E-state index in [1.165, 1.54) is 0 Å². The van der Waals surface area contributed by atoms with Gasteiger partial charge in [0.05, 0.1) is 12.8 Å². The maximum Gasteiger partial charge on any atom is 0.255 e. The second-order valence-corrected chi connectivity index (χ2v) is 8.55. The minimum atomic E-state index is -0.279. The summed E-state index contributed by atoms with van der Waals surface area (Å²) in [6, 6.07) is 14.7. The fourth-order valence-electron chi connectivity index (χ4n) is 3.99. The van der Waals surface area contributed by atoms with Crippen molar-refractivity contribution in [1.82, 2.24) is 15.5 Å². The zero-order valence-corrected chi connectivity index (χ0v) is 20.4. The van der Waals surface area contributed by atoms with Gasteiger partial charge < -0.3 is 21.1 Å². The number of piperidine rings is 1. The molecule has 0 aromatic heterocycles. The third-order valence-corrected chi connectivity index (χ3v) is 6.12. The first-order valence-electron chi connectivity index (χ1n) is 11.7. The van der Waals surface area contributed by atoms with E-state index >= 15 is 0 Å². The predicted molar refractivity (Wildman–Crippen MR) is 139 cm³/mol. The number of anilines is 1. The maximum atomic E-state index is 13.0. The monoisotopic (exact) mass is 474 g/mol. The molecule has 2 amide bonds. The van der Waals surface area contributed by atoms with Gasteiger partial charge >= 0.3 is 0 Å². The topological polar surface area (TPSA) is 96.7 Å². The number of nitrogens with two attached hydrogens (primary N) is 1. The Hall–Kier alpha value is -3.84. The van der Waals surface area contributed by atoms with E-state index < -0.39 is 0 Å².